The van der Waals surface area contributed by atoms with Crippen LogP contribution in [0, 0.1) is 13.8 Å². The van der Waals surface area contributed by atoms with Crippen molar-refractivity contribution >= 4 is 33.3 Å². The number of aromatic nitrogens is 2. The number of aliphatic hydroxyl groups excluding tert-OH is 1. The summed E-state index contributed by atoms with van der Waals surface area (Å²) in [7, 11) is 0. The highest BCUT2D eigenvalue weighted by Crippen LogP contribution is 2.35. The number of hydrogen-bond acceptors (Lipinski definition) is 5. The summed E-state index contributed by atoms with van der Waals surface area (Å²) in [5, 5.41) is 11.4. The highest BCUT2D eigenvalue weighted by Gasteiger charge is 2.14. The highest BCUT2D eigenvalue weighted by atomic mass is 32.2. The van der Waals surface area contributed by atoms with E-state index in [9.17, 15) is 0 Å². The first-order valence-electron chi connectivity index (χ1n) is 5.11. The van der Waals surface area contributed by atoms with Gasteiger partial charge in [-0.25, -0.2) is 9.97 Å². The minimum absolute atomic E-state index is 0.165. The molecule has 86 valence electrons. The van der Waals surface area contributed by atoms with Crippen LogP contribution in [0.4, 0.5) is 0 Å². The zero-order valence-electron chi connectivity index (χ0n) is 9.52. The molecule has 0 aliphatic heterocycles. The Bertz CT molecular complexity index is 510. The van der Waals surface area contributed by atoms with Gasteiger partial charge in [-0.3, -0.25) is 0 Å². The summed E-state index contributed by atoms with van der Waals surface area (Å²) in [6, 6.07) is 0. The van der Waals surface area contributed by atoms with Gasteiger partial charge in [-0.2, -0.15) is 0 Å². The van der Waals surface area contributed by atoms with Crippen LogP contribution in [0.1, 0.15) is 17.4 Å². The second kappa shape index (κ2) is 4.69. The predicted octanol–water partition coefficient (Wildman–Crippen LogP) is 2.78. The fourth-order valence-corrected chi connectivity index (χ4v) is 3.46. The smallest absolute Gasteiger partial charge is 0.128 e. The Balaban J connectivity index is 2.52. The zero-order valence-corrected chi connectivity index (χ0v) is 11.2. The topological polar surface area (TPSA) is 46.0 Å². The van der Waals surface area contributed by atoms with Gasteiger partial charge in [-0.15, -0.1) is 23.1 Å². The average molecular weight is 254 g/mol. The predicted molar refractivity (Wildman–Crippen MR) is 69.3 cm³/mol. The van der Waals surface area contributed by atoms with Gasteiger partial charge in [0.05, 0.1) is 6.61 Å². The third-order valence-corrected chi connectivity index (χ3v) is 4.70. The third kappa shape index (κ3) is 2.07. The van der Waals surface area contributed by atoms with E-state index in [-0.39, 0.29) is 11.9 Å². The number of hydrogen-bond donors (Lipinski definition) is 1. The molecule has 2 aromatic heterocycles. The first-order valence-corrected chi connectivity index (χ1v) is 6.81. The second-order valence-electron chi connectivity index (χ2n) is 3.75. The first-order chi connectivity index (χ1) is 7.63. The molecule has 1 N–H and O–H groups in total. The molecular weight excluding hydrogens is 240 g/mol. The molecule has 5 heteroatoms. The molecule has 2 aromatic rings. The fourth-order valence-electron chi connectivity index (χ4n) is 1.47. The molecule has 2 heterocycles. The molecule has 0 amide bonds. The van der Waals surface area contributed by atoms with Crippen LogP contribution in [-0.2, 0) is 0 Å². The van der Waals surface area contributed by atoms with E-state index in [0.29, 0.717) is 0 Å². The lowest BCUT2D eigenvalue weighted by Crippen LogP contribution is -2.02. The number of aliphatic hydroxyl groups is 1. The number of thioether (sulfide) groups is 1. The molecule has 0 fully saturated rings. The summed E-state index contributed by atoms with van der Waals surface area (Å²) in [4.78, 5) is 10.9. The van der Waals surface area contributed by atoms with Gasteiger partial charge in [0.15, 0.2) is 0 Å². The molecule has 2 rings (SSSR count). The molecule has 0 spiro atoms. The molecule has 0 aromatic carbocycles. The molecule has 0 saturated heterocycles. The van der Waals surface area contributed by atoms with Crippen molar-refractivity contribution in [2.75, 3.05) is 6.61 Å². The summed E-state index contributed by atoms with van der Waals surface area (Å²) in [5.74, 6) is 0. The SMILES string of the molecule is Cc1sc2ncnc(SC(C)CO)c2c1C. The van der Waals surface area contributed by atoms with E-state index in [4.69, 9.17) is 5.11 Å². The number of nitrogens with zero attached hydrogens (tertiary/aromatic N) is 2. The quantitative estimate of drug-likeness (QED) is 0.676. The minimum atomic E-state index is 0.165. The van der Waals surface area contributed by atoms with Crippen LogP contribution in [0.2, 0.25) is 0 Å². The van der Waals surface area contributed by atoms with E-state index < -0.39 is 0 Å². The molecule has 1 atom stereocenters. The van der Waals surface area contributed by atoms with Crippen molar-refractivity contribution in [1.82, 2.24) is 9.97 Å². The fraction of sp³-hybridized carbons (Fsp3) is 0.455. The maximum absolute atomic E-state index is 9.08. The van der Waals surface area contributed by atoms with Crippen LogP contribution in [0.5, 0.6) is 0 Å². The summed E-state index contributed by atoms with van der Waals surface area (Å²) in [5.41, 5.74) is 1.26. The maximum atomic E-state index is 9.08. The van der Waals surface area contributed by atoms with E-state index in [1.54, 1.807) is 29.4 Å². The van der Waals surface area contributed by atoms with Gasteiger partial charge in [0.2, 0.25) is 0 Å². The van der Waals surface area contributed by atoms with Gasteiger partial charge in [-0.1, -0.05) is 6.92 Å². The third-order valence-electron chi connectivity index (χ3n) is 2.50. The standard InChI is InChI=1S/C11H14N2OS2/c1-6(4-14)15-10-9-7(2)8(3)16-11(9)13-5-12-10/h5-6,14H,4H2,1-3H3. The average Bonchev–Trinajstić information content (AvgIpc) is 2.56. The number of thiophene rings is 1. The summed E-state index contributed by atoms with van der Waals surface area (Å²) < 4.78 is 0. The first kappa shape index (κ1) is 11.8. The van der Waals surface area contributed by atoms with Crippen molar-refractivity contribution < 1.29 is 5.11 Å². The molecule has 0 radical (unpaired) electrons. The second-order valence-corrected chi connectivity index (χ2v) is 6.38. The molecule has 0 aliphatic carbocycles. The largest absolute Gasteiger partial charge is 0.395 e. The summed E-state index contributed by atoms with van der Waals surface area (Å²) >= 11 is 3.31. The number of rotatable bonds is 3. The Kier molecular flexibility index (Phi) is 3.47. The lowest BCUT2D eigenvalue weighted by atomic mass is 10.2. The Morgan fingerprint density at radius 1 is 1.44 bits per heavy atom. The van der Waals surface area contributed by atoms with Crippen molar-refractivity contribution in [1.29, 1.82) is 0 Å². The summed E-state index contributed by atoms with van der Waals surface area (Å²) in [6.45, 7) is 6.36. The molecule has 0 bridgehead atoms. The number of aryl methyl sites for hydroxylation is 2. The van der Waals surface area contributed by atoms with Crippen LogP contribution in [0.3, 0.4) is 0 Å². The van der Waals surface area contributed by atoms with E-state index in [1.807, 2.05) is 6.92 Å². The zero-order chi connectivity index (χ0) is 11.7. The van der Waals surface area contributed by atoms with Crippen molar-refractivity contribution in [2.45, 2.75) is 31.0 Å². The minimum Gasteiger partial charge on any atom is -0.395 e. The van der Waals surface area contributed by atoms with Gasteiger partial charge in [0.25, 0.3) is 0 Å². The molecule has 16 heavy (non-hydrogen) atoms. The molecule has 0 aliphatic rings. The van der Waals surface area contributed by atoms with Gasteiger partial charge in [-0.05, 0) is 19.4 Å². The van der Waals surface area contributed by atoms with Crippen LogP contribution in [-0.4, -0.2) is 26.9 Å². The van der Waals surface area contributed by atoms with Gasteiger partial charge >= 0.3 is 0 Å². The van der Waals surface area contributed by atoms with Crippen LogP contribution < -0.4 is 0 Å². The molecule has 0 saturated carbocycles. The molecule has 3 nitrogen and oxygen atoms in total. The van der Waals surface area contributed by atoms with Crippen molar-refractivity contribution in [3.05, 3.63) is 16.8 Å². The monoisotopic (exact) mass is 254 g/mol. The van der Waals surface area contributed by atoms with E-state index in [2.05, 4.69) is 23.8 Å². The Morgan fingerprint density at radius 3 is 2.88 bits per heavy atom. The van der Waals surface area contributed by atoms with E-state index in [1.165, 1.54) is 10.4 Å². The lowest BCUT2D eigenvalue weighted by molar-refractivity contribution is 0.300. The Hall–Kier alpha value is -0.650. The maximum Gasteiger partial charge on any atom is 0.128 e. The van der Waals surface area contributed by atoms with Gasteiger partial charge in [0.1, 0.15) is 16.2 Å². The van der Waals surface area contributed by atoms with E-state index in [0.717, 1.165) is 15.2 Å². The van der Waals surface area contributed by atoms with Gasteiger partial charge in [0, 0.05) is 15.5 Å². The van der Waals surface area contributed by atoms with Crippen LogP contribution in [0.25, 0.3) is 10.2 Å². The Labute approximate surface area is 103 Å². The Morgan fingerprint density at radius 2 is 2.19 bits per heavy atom. The van der Waals surface area contributed by atoms with Crippen molar-refractivity contribution in [3.8, 4) is 0 Å². The van der Waals surface area contributed by atoms with Crippen LogP contribution >= 0.6 is 23.1 Å². The van der Waals surface area contributed by atoms with E-state index >= 15 is 0 Å². The van der Waals surface area contributed by atoms with Crippen molar-refractivity contribution in [2.24, 2.45) is 0 Å². The highest BCUT2D eigenvalue weighted by molar-refractivity contribution is 8.00. The van der Waals surface area contributed by atoms with Crippen LogP contribution in [0.15, 0.2) is 11.4 Å². The molecule has 1 unspecified atom stereocenters. The summed E-state index contributed by atoms with van der Waals surface area (Å²) in [6.07, 6.45) is 1.60. The van der Waals surface area contributed by atoms with Gasteiger partial charge < -0.3 is 5.11 Å². The lowest BCUT2D eigenvalue weighted by Gasteiger charge is -2.07. The normalized spacial score (nSPS) is 13.2. The number of fused-ring (bicyclic) bond motifs is 1. The van der Waals surface area contributed by atoms with Crippen molar-refractivity contribution in [3.63, 3.8) is 0 Å². The molecular formula is C11H14N2OS2.